The van der Waals surface area contributed by atoms with Crippen molar-refractivity contribution >= 4 is 29.6 Å². The number of aliphatic carboxylic acids is 1. The third-order valence-electron chi connectivity index (χ3n) is 4.69. The Morgan fingerprint density at radius 3 is 2.18 bits per heavy atom. The summed E-state index contributed by atoms with van der Waals surface area (Å²) in [5, 5.41) is 25.6. The monoisotopic (exact) mass is 469 g/mol. The molecule has 0 saturated carbocycles. The summed E-state index contributed by atoms with van der Waals surface area (Å²) in [5.41, 5.74) is 11.1. The average molecular weight is 469 g/mol. The topological polar surface area (TPSA) is 243 Å². The molecule has 33 heavy (non-hydrogen) atoms. The smallest absolute Gasteiger partial charge is 0.326 e. The second-order valence-electron chi connectivity index (χ2n) is 7.77. The zero-order chi connectivity index (χ0) is 25.1. The Morgan fingerprint density at radius 1 is 1.06 bits per heavy atom. The van der Waals surface area contributed by atoms with E-state index >= 15 is 0 Å². The molecule has 4 unspecified atom stereocenters. The number of aromatic amines is 1. The van der Waals surface area contributed by atoms with Crippen molar-refractivity contribution in [1.82, 2.24) is 25.9 Å². The number of rotatable bonds is 14. The van der Waals surface area contributed by atoms with Crippen LogP contribution in [0.1, 0.15) is 32.4 Å². The zero-order valence-corrected chi connectivity index (χ0v) is 18.4. The van der Waals surface area contributed by atoms with Gasteiger partial charge in [0.1, 0.15) is 24.2 Å². The van der Waals surface area contributed by atoms with Gasteiger partial charge in [-0.05, 0) is 12.3 Å². The molecule has 4 atom stereocenters. The van der Waals surface area contributed by atoms with Gasteiger partial charge in [0.15, 0.2) is 0 Å². The summed E-state index contributed by atoms with van der Waals surface area (Å²) in [7, 11) is 0. The maximum Gasteiger partial charge on any atom is 0.326 e. The van der Waals surface area contributed by atoms with E-state index in [0.717, 1.165) is 0 Å². The van der Waals surface area contributed by atoms with E-state index < -0.39 is 66.3 Å². The van der Waals surface area contributed by atoms with Gasteiger partial charge in [0.05, 0.1) is 12.9 Å². The van der Waals surface area contributed by atoms with Crippen LogP contribution in [0.25, 0.3) is 0 Å². The lowest BCUT2D eigenvalue weighted by molar-refractivity contribution is -0.142. The quantitative estimate of drug-likeness (QED) is 0.136. The van der Waals surface area contributed by atoms with Gasteiger partial charge in [0.25, 0.3) is 0 Å². The molecule has 1 aromatic heterocycles. The lowest BCUT2D eigenvalue weighted by atomic mass is 10.0. The van der Waals surface area contributed by atoms with E-state index in [2.05, 4.69) is 25.9 Å². The van der Waals surface area contributed by atoms with Crippen molar-refractivity contribution in [3.05, 3.63) is 18.2 Å². The predicted octanol–water partition coefficient (Wildman–Crippen LogP) is -3.27. The third-order valence-corrected chi connectivity index (χ3v) is 4.69. The summed E-state index contributed by atoms with van der Waals surface area (Å²) < 4.78 is 0. The SMILES string of the molecule is CC(C)C(NC(=O)C(N)CO)C(=O)NC(CCC(N)=O)C(=O)NC(Cc1cnc[nH]1)C(=O)O. The Bertz CT molecular complexity index is 828. The minimum atomic E-state index is -1.34. The molecule has 0 saturated heterocycles. The molecular formula is C19H31N7O7. The second kappa shape index (κ2) is 13.1. The van der Waals surface area contributed by atoms with Gasteiger partial charge in [-0.3, -0.25) is 19.2 Å². The normalized spacial score (nSPS) is 14.6. The molecule has 1 heterocycles. The maximum atomic E-state index is 12.8. The van der Waals surface area contributed by atoms with Crippen LogP contribution in [0.4, 0.5) is 0 Å². The Hall–Kier alpha value is -3.52. The number of carbonyl (C=O) groups excluding carboxylic acids is 4. The molecule has 0 aliphatic heterocycles. The number of nitrogens with one attached hydrogen (secondary N) is 4. The highest BCUT2D eigenvalue weighted by atomic mass is 16.4. The van der Waals surface area contributed by atoms with Crippen LogP contribution in [-0.2, 0) is 30.4 Å². The molecule has 0 spiro atoms. The van der Waals surface area contributed by atoms with E-state index in [-0.39, 0.29) is 19.3 Å². The van der Waals surface area contributed by atoms with E-state index in [0.29, 0.717) is 5.69 Å². The Labute approximate surface area is 189 Å². The molecule has 0 aromatic carbocycles. The largest absolute Gasteiger partial charge is 0.480 e. The van der Waals surface area contributed by atoms with Gasteiger partial charge in [-0.15, -0.1) is 0 Å². The lowest BCUT2D eigenvalue weighted by Crippen LogP contribution is -2.59. The molecule has 14 nitrogen and oxygen atoms in total. The molecule has 4 amide bonds. The summed E-state index contributed by atoms with van der Waals surface area (Å²) in [6.45, 7) is 2.64. The van der Waals surface area contributed by atoms with Crippen LogP contribution in [-0.4, -0.2) is 80.6 Å². The second-order valence-corrected chi connectivity index (χ2v) is 7.77. The molecule has 0 fully saturated rings. The number of carbonyl (C=O) groups is 5. The van der Waals surface area contributed by atoms with Crippen LogP contribution in [0.5, 0.6) is 0 Å². The fourth-order valence-electron chi connectivity index (χ4n) is 2.78. The van der Waals surface area contributed by atoms with Crippen LogP contribution < -0.4 is 27.4 Å². The highest BCUT2D eigenvalue weighted by Crippen LogP contribution is 2.07. The third kappa shape index (κ3) is 9.24. The molecule has 0 bridgehead atoms. The summed E-state index contributed by atoms with van der Waals surface area (Å²) in [6.07, 6.45) is 2.21. The first-order valence-electron chi connectivity index (χ1n) is 10.2. The maximum absolute atomic E-state index is 12.8. The Balaban J connectivity index is 2.97. The fourth-order valence-corrected chi connectivity index (χ4v) is 2.78. The minimum Gasteiger partial charge on any atom is -0.480 e. The minimum absolute atomic E-state index is 0.0959. The first-order chi connectivity index (χ1) is 15.5. The van der Waals surface area contributed by atoms with Gasteiger partial charge in [-0.25, -0.2) is 9.78 Å². The zero-order valence-electron chi connectivity index (χ0n) is 18.4. The number of nitrogens with zero attached hydrogens (tertiary/aromatic N) is 1. The van der Waals surface area contributed by atoms with Crippen molar-refractivity contribution in [2.24, 2.45) is 17.4 Å². The number of amides is 4. The van der Waals surface area contributed by atoms with Crippen LogP contribution in [0, 0.1) is 5.92 Å². The van der Waals surface area contributed by atoms with E-state index in [1.165, 1.54) is 12.5 Å². The molecule has 0 radical (unpaired) electrons. The molecule has 1 aromatic rings. The summed E-state index contributed by atoms with van der Waals surface area (Å²) in [6, 6.07) is -5.00. The molecule has 1 rings (SSSR count). The van der Waals surface area contributed by atoms with Crippen molar-refractivity contribution in [3.63, 3.8) is 0 Å². The summed E-state index contributed by atoms with van der Waals surface area (Å²) in [4.78, 5) is 67.0. The molecule has 14 heteroatoms. The van der Waals surface area contributed by atoms with Crippen molar-refractivity contribution in [2.75, 3.05) is 6.61 Å². The van der Waals surface area contributed by atoms with E-state index in [1.807, 2.05) is 0 Å². The number of carboxylic acid groups (broad SMARTS) is 1. The van der Waals surface area contributed by atoms with E-state index in [4.69, 9.17) is 16.6 Å². The summed E-state index contributed by atoms with van der Waals surface area (Å²) in [5.74, 6) is -4.84. The number of carboxylic acids is 1. The highest BCUT2D eigenvalue weighted by Gasteiger charge is 2.32. The average Bonchev–Trinajstić information content (AvgIpc) is 3.25. The Morgan fingerprint density at radius 2 is 1.70 bits per heavy atom. The van der Waals surface area contributed by atoms with Gasteiger partial charge in [-0.2, -0.15) is 0 Å². The number of hydrogen-bond acceptors (Lipinski definition) is 8. The molecular weight excluding hydrogens is 438 g/mol. The van der Waals surface area contributed by atoms with E-state index in [9.17, 15) is 29.1 Å². The number of hydrogen-bond donors (Lipinski definition) is 8. The number of aliphatic hydroxyl groups is 1. The Kier molecular flexibility index (Phi) is 10.9. The lowest BCUT2D eigenvalue weighted by Gasteiger charge is -2.26. The van der Waals surface area contributed by atoms with Crippen LogP contribution in [0.3, 0.4) is 0 Å². The van der Waals surface area contributed by atoms with Crippen LogP contribution >= 0.6 is 0 Å². The molecule has 0 aliphatic carbocycles. The predicted molar refractivity (Wildman–Crippen MR) is 114 cm³/mol. The van der Waals surface area contributed by atoms with Gasteiger partial charge in [-0.1, -0.05) is 13.8 Å². The van der Waals surface area contributed by atoms with Crippen LogP contribution in [0.2, 0.25) is 0 Å². The van der Waals surface area contributed by atoms with Crippen molar-refractivity contribution in [2.45, 2.75) is 57.3 Å². The number of nitrogens with two attached hydrogens (primary N) is 2. The summed E-state index contributed by atoms with van der Waals surface area (Å²) >= 11 is 0. The molecule has 184 valence electrons. The van der Waals surface area contributed by atoms with Crippen molar-refractivity contribution in [1.29, 1.82) is 0 Å². The van der Waals surface area contributed by atoms with Gasteiger partial charge in [0.2, 0.25) is 23.6 Å². The number of primary amides is 1. The van der Waals surface area contributed by atoms with Crippen LogP contribution in [0.15, 0.2) is 12.5 Å². The van der Waals surface area contributed by atoms with Gasteiger partial charge >= 0.3 is 5.97 Å². The first-order valence-corrected chi connectivity index (χ1v) is 10.2. The number of aromatic nitrogens is 2. The number of H-pyrrole nitrogens is 1. The van der Waals surface area contributed by atoms with Crippen molar-refractivity contribution < 1.29 is 34.2 Å². The number of imidazole rings is 1. The standard InChI is InChI=1S/C19H31N7O7/c1-9(2)15(26-16(29)11(20)7-27)18(31)24-12(3-4-14(21)28)17(30)25-13(19(32)33)5-10-6-22-8-23-10/h6,8-9,11-13,15,27H,3-5,7,20H2,1-2H3,(H2,21,28)(H,22,23)(H,24,31)(H,25,30)(H,26,29)(H,32,33). The highest BCUT2D eigenvalue weighted by molar-refractivity contribution is 5.94. The molecule has 0 aliphatic rings. The number of aliphatic hydroxyl groups excluding tert-OH is 1. The van der Waals surface area contributed by atoms with E-state index in [1.54, 1.807) is 13.8 Å². The fraction of sp³-hybridized carbons (Fsp3) is 0.579. The van der Waals surface area contributed by atoms with Gasteiger partial charge < -0.3 is 42.6 Å². The van der Waals surface area contributed by atoms with Crippen molar-refractivity contribution in [3.8, 4) is 0 Å². The first kappa shape index (κ1) is 27.5. The molecule has 10 N–H and O–H groups in total. The van der Waals surface area contributed by atoms with Gasteiger partial charge in [0, 0.05) is 24.7 Å².